The summed E-state index contributed by atoms with van der Waals surface area (Å²) in [6, 6.07) is 6.35. The number of urea groups is 1. The van der Waals surface area contributed by atoms with Gasteiger partial charge in [-0.05, 0) is 62.8 Å². The fourth-order valence-electron chi connectivity index (χ4n) is 2.75. The van der Waals surface area contributed by atoms with Crippen molar-refractivity contribution in [2.24, 2.45) is 0 Å². The van der Waals surface area contributed by atoms with Gasteiger partial charge in [-0.15, -0.1) is 0 Å². The SMILES string of the molecule is CCN(CC)C(=O)NCCOc1ccc2c(c1)CCCC2. The van der Waals surface area contributed by atoms with Gasteiger partial charge in [0.15, 0.2) is 0 Å². The summed E-state index contributed by atoms with van der Waals surface area (Å²) in [6.45, 7) is 6.46. The fraction of sp³-hybridized carbons (Fsp3) is 0.588. The first-order chi connectivity index (χ1) is 10.2. The van der Waals surface area contributed by atoms with E-state index < -0.39 is 0 Å². The Morgan fingerprint density at radius 2 is 1.90 bits per heavy atom. The first-order valence-electron chi connectivity index (χ1n) is 8.02. The molecule has 1 aliphatic rings. The van der Waals surface area contributed by atoms with Crippen LogP contribution in [0.5, 0.6) is 5.75 Å². The summed E-state index contributed by atoms with van der Waals surface area (Å²) in [4.78, 5) is 13.5. The van der Waals surface area contributed by atoms with E-state index in [4.69, 9.17) is 4.74 Å². The Morgan fingerprint density at radius 1 is 1.19 bits per heavy atom. The van der Waals surface area contributed by atoms with Crippen molar-refractivity contribution in [2.45, 2.75) is 39.5 Å². The number of benzene rings is 1. The molecule has 4 nitrogen and oxygen atoms in total. The second-order valence-corrected chi connectivity index (χ2v) is 5.39. The van der Waals surface area contributed by atoms with Crippen LogP contribution in [0.15, 0.2) is 18.2 Å². The highest BCUT2D eigenvalue weighted by Gasteiger charge is 2.10. The summed E-state index contributed by atoms with van der Waals surface area (Å²) in [5, 5.41) is 2.88. The van der Waals surface area contributed by atoms with Gasteiger partial charge in [-0.25, -0.2) is 4.79 Å². The van der Waals surface area contributed by atoms with Crippen molar-refractivity contribution in [3.05, 3.63) is 29.3 Å². The largest absolute Gasteiger partial charge is 0.492 e. The lowest BCUT2D eigenvalue weighted by Gasteiger charge is -2.19. The van der Waals surface area contributed by atoms with Crippen LogP contribution in [0, 0.1) is 0 Å². The minimum Gasteiger partial charge on any atom is -0.492 e. The molecule has 0 unspecified atom stereocenters. The molecule has 0 heterocycles. The average molecular weight is 290 g/mol. The van der Waals surface area contributed by atoms with Gasteiger partial charge in [0.05, 0.1) is 6.54 Å². The number of ether oxygens (including phenoxy) is 1. The van der Waals surface area contributed by atoms with Crippen LogP contribution >= 0.6 is 0 Å². The van der Waals surface area contributed by atoms with Crippen LogP contribution in [0.3, 0.4) is 0 Å². The molecule has 0 saturated heterocycles. The van der Waals surface area contributed by atoms with E-state index in [0.29, 0.717) is 13.2 Å². The second kappa shape index (κ2) is 7.91. The number of amides is 2. The topological polar surface area (TPSA) is 41.6 Å². The maximum atomic E-state index is 11.8. The highest BCUT2D eigenvalue weighted by molar-refractivity contribution is 5.74. The van der Waals surface area contributed by atoms with Crippen LogP contribution in [0.1, 0.15) is 37.8 Å². The Kier molecular flexibility index (Phi) is 5.90. The molecule has 116 valence electrons. The summed E-state index contributed by atoms with van der Waals surface area (Å²) in [7, 11) is 0. The minimum atomic E-state index is -0.0194. The molecule has 0 aliphatic heterocycles. The van der Waals surface area contributed by atoms with Crippen LogP contribution in [0.25, 0.3) is 0 Å². The van der Waals surface area contributed by atoms with E-state index >= 15 is 0 Å². The van der Waals surface area contributed by atoms with Crippen molar-refractivity contribution in [3.8, 4) is 5.75 Å². The standard InChI is InChI=1S/C17H26N2O2/c1-3-19(4-2)17(20)18-11-12-21-16-10-9-14-7-5-6-8-15(14)13-16/h9-10,13H,3-8,11-12H2,1-2H3,(H,18,20). The number of hydrogen-bond donors (Lipinski definition) is 1. The zero-order valence-electron chi connectivity index (χ0n) is 13.2. The van der Waals surface area contributed by atoms with Gasteiger partial charge in [0.25, 0.3) is 0 Å². The van der Waals surface area contributed by atoms with Crippen molar-refractivity contribution >= 4 is 6.03 Å². The lowest BCUT2D eigenvalue weighted by molar-refractivity contribution is 0.200. The average Bonchev–Trinajstić information content (AvgIpc) is 2.52. The summed E-state index contributed by atoms with van der Waals surface area (Å²) >= 11 is 0. The van der Waals surface area contributed by atoms with E-state index in [9.17, 15) is 4.79 Å². The third-order valence-corrected chi connectivity index (χ3v) is 4.02. The van der Waals surface area contributed by atoms with E-state index in [2.05, 4.69) is 17.4 Å². The Hall–Kier alpha value is -1.71. The molecule has 1 N–H and O–H groups in total. The Bertz CT molecular complexity index is 470. The number of aryl methyl sites for hydroxylation is 2. The Morgan fingerprint density at radius 3 is 2.62 bits per heavy atom. The molecule has 4 heteroatoms. The molecular formula is C17H26N2O2. The number of carbonyl (C=O) groups excluding carboxylic acids is 1. The van der Waals surface area contributed by atoms with Crippen LogP contribution in [-0.2, 0) is 12.8 Å². The van der Waals surface area contributed by atoms with Gasteiger partial charge in [-0.2, -0.15) is 0 Å². The van der Waals surface area contributed by atoms with E-state index in [1.54, 1.807) is 4.90 Å². The smallest absolute Gasteiger partial charge is 0.317 e. The second-order valence-electron chi connectivity index (χ2n) is 5.39. The lowest BCUT2D eigenvalue weighted by atomic mass is 9.92. The van der Waals surface area contributed by atoms with Crippen LogP contribution in [0.4, 0.5) is 4.79 Å². The van der Waals surface area contributed by atoms with Gasteiger partial charge in [0.1, 0.15) is 12.4 Å². The molecule has 1 aliphatic carbocycles. The molecule has 1 aromatic rings. The number of rotatable bonds is 6. The first kappa shape index (κ1) is 15.7. The van der Waals surface area contributed by atoms with Gasteiger partial charge in [0, 0.05) is 13.1 Å². The van der Waals surface area contributed by atoms with E-state index in [1.807, 2.05) is 19.9 Å². The van der Waals surface area contributed by atoms with Gasteiger partial charge >= 0.3 is 6.03 Å². The number of fused-ring (bicyclic) bond motifs is 1. The molecule has 0 fully saturated rings. The Labute approximate surface area is 127 Å². The van der Waals surface area contributed by atoms with Crippen LogP contribution in [0.2, 0.25) is 0 Å². The van der Waals surface area contributed by atoms with Crippen molar-refractivity contribution in [2.75, 3.05) is 26.2 Å². The fourth-order valence-corrected chi connectivity index (χ4v) is 2.75. The highest BCUT2D eigenvalue weighted by atomic mass is 16.5. The molecule has 0 spiro atoms. The number of hydrogen-bond acceptors (Lipinski definition) is 2. The molecule has 21 heavy (non-hydrogen) atoms. The molecule has 0 bridgehead atoms. The third kappa shape index (κ3) is 4.38. The molecule has 2 amide bonds. The molecular weight excluding hydrogens is 264 g/mol. The number of nitrogens with zero attached hydrogens (tertiary/aromatic N) is 1. The summed E-state index contributed by atoms with van der Waals surface area (Å²) in [5.41, 5.74) is 2.88. The van der Waals surface area contributed by atoms with Crippen LogP contribution < -0.4 is 10.1 Å². The quantitative estimate of drug-likeness (QED) is 0.818. The van der Waals surface area contributed by atoms with E-state index in [1.165, 1.54) is 30.4 Å². The van der Waals surface area contributed by atoms with Crippen molar-refractivity contribution < 1.29 is 9.53 Å². The zero-order valence-corrected chi connectivity index (χ0v) is 13.2. The van der Waals surface area contributed by atoms with Crippen LogP contribution in [-0.4, -0.2) is 37.2 Å². The van der Waals surface area contributed by atoms with E-state index in [-0.39, 0.29) is 6.03 Å². The summed E-state index contributed by atoms with van der Waals surface area (Å²) in [6.07, 6.45) is 4.92. The summed E-state index contributed by atoms with van der Waals surface area (Å²) < 4.78 is 5.74. The van der Waals surface area contributed by atoms with Crippen molar-refractivity contribution in [1.29, 1.82) is 0 Å². The maximum absolute atomic E-state index is 11.8. The highest BCUT2D eigenvalue weighted by Crippen LogP contribution is 2.25. The normalized spacial score (nSPS) is 13.4. The first-order valence-corrected chi connectivity index (χ1v) is 8.02. The lowest BCUT2D eigenvalue weighted by Crippen LogP contribution is -2.41. The van der Waals surface area contributed by atoms with Gasteiger partial charge in [-0.1, -0.05) is 6.07 Å². The summed E-state index contributed by atoms with van der Waals surface area (Å²) in [5.74, 6) is 0.910. The van der Waals surface area contributed by atoms with Crippen molar-refractivity contribution in [3.63, 3.8) is 0 Å². The minimum absolute atomic E-state index is 0.0194. The zero-order chi connectivity index (χ0) is 15.1. The molecule has 0 atom stereocenters. The predicted octanol–water partition coefficient (Wildman–Crippen LogP) is 3.00. The number of nitrogens with one attached hydrogen (secondary N) is 1. The molecule has 1 aromatic carbocycles. The number of carbonyl (C=O) groups is 1. The molecule has 0 radical (unpaired) electrons. The van der Waals surface area contributed by atoms with Gasteiger partial charge in [0.2, 0.25) is 0 Å². The van der Waals surface area contributed by atoms with E-state index in [0.717, 1.165) is 25.3 Å². The third-order valence-electron chi connectivity index (χ3n) is 4.02. The predicted molar refractivity (Wildman–Crippen MR) is 84.9 cm³/mol. The van der Waals surface area contributed by atoms with Crippen molar-refractivity contribution in [1.82, 2.24) is 10.2 Å². The molecule has 2 rings (SSSR count). The van der Waals surface area contributed by atoms with Gasteiger partial charge < -0.3 is 15.0 Å². The molecule has 0 saturated carbocycles. The Balaban J connectivity index is 1.75. The maximum Gasteiger partial charge on any atom is 0.317 e. The monoisotopic (exact) mass is 290 g/mol. The molecule has 0 aromatic heterocycles. The van der Waals surface area contributed by atoms with Gasteiger partial charge in [-0.3, -0.25) is 0 Å².